The molecule has 0 aliphatic rings. The molecule has 0 aromatic heterocycles. The summed E-state index contributed by atoms with van der Waals surface area (Å²) >= 11 is 0. The quantitative estimate of drug-likeness (QED) is 0.712. The van der Waals surface area contributed by atoms with Gasteiger partial charge in [0, 0.05) is 19.1 Å². The van der Waals surface area contributed by atoms with Gasteiger partial charge in [0.15, 0.2) is 0 Å². The monoisotopic (exact) mass is 230 g/mol. The van der Waals surface area contributed by atoms with Crippen molar-refractivity contribution in [3.05, 3.63) is 51.6 Å². The average molecular weight is 230 g/mol. The maximum Gasteiger partial charge on any atom is 0.0478 e. The van der Waals surface area contributed by atoms with Gasteiger partial charge >= 0.3 is 0 Å². The molecule has 2 heteroatoms. The van der Waals surface area contributed by atoms with Gasteiger partial charge in [0.1, 0.15) is 0 Å². The van der Waals surface area contributed by atoms with Crippen LogP contribution in [0.4, 0.5) is 0 Å². The minimum absolute atomic E-state index is 0.0463. The van der Waals surface area contributed by atoms with E-state index < -0.39 is 0 Å². The zero-order valence-electron chi connectivity index (χ0n) is 11.3. The van der Waals surface area contributed by atoms with E-state index >= 15 is 0 Å². The van der Waals surface area contributed by atoms with Crippen molar-refractivity contribution in [3.63, 3.8) is 0 Å². The standard InChI is InChI=1S/C4H10O2.2C3H6.2C2H4/c1-4(2-5)3-6;2*1-3-2;2*1-2/h4-6H,2-3H2,1H3;2*3H,1H2,2H3;2*1-2H2. The Labute approximate surface area is 102 Å². The number of rotatable bonds is 2. The van der Waals surface area contributed by atoms with Crippen molar-refractivity contribution in [1.82, 2.24) is 0 Å². The third-order valence-corrected chi connectivity index (χ3v) is 0.623. The zero-order valence-corrected chi connectivity index (χ0v) is 11.3. The molecule has 0 heterocycles. The molecule has 0 aromatic rings. The van der Waals surface area contributed by atoms with Crippen LogP contribution in [0.3, 0.4) is 0 Å². The summed E-state index contributed by atoms with van der Waals surface area (Å²) in [5.74, 6) is 0.0463. The van der Waals surface area contributed by atoms with Crippen LogP contribution in [-0.4, -0.2) is 23.4 Å². The molecule has 0 atom stereocenters. The number of aliphatic hydroxyl groups excluding tert-OH is 2. The van der Waals surface area contributed by atoms with Gasteiger partial charge < -0.3 is 10.2 Å². The van der Waals surface area contributed by atoms with E-state index in [-0.39, 0.29) is 19.1 Å². The first-order chi connectivity index (χ1) is 7.64. The molecule has 0 rings (SSSR count). The lowest BCUT2D eigenvalue weighted by Gasteiger charge is -1.97. The first-order valence-corrected chi connectivity index (χ1v) is 5.00. The molecule has 0 aliphatic heterocycles. The van der Waals surface area contributed by atoms with Crippen molar-refractivity contribution in [1.29, 1.82) is 0 Å². The van der Waals surface area contributed by atoms with E-state index in [0.717, 1.165) is 0 Å². The molecule has 0 saturated carbocycles. The van der Waals surface area contributed by atoms with Crippen LogP contribution in [0.2, 0.25) is 0 Å². The summed E-state index contributed by atoms with van der Waals surface area (Å²) in [6, 6.07) is 0. The fourth-order valence-corrected chi connectivity index (χ4v) is 0.0577. The topological polar surface area (TPSA) is 40.5 Å². The predicted molar refractivity (Wildman–Crippen MR) is 77.6 cm³/mol. The molecule has 0 aromatic carbocycles. The van der Waals surface area contributed by atoms with Gasteiger partial charge in [-0.3, -0.25) is 0 Å². The molecule has 98 valence electrons. The van der Waals surface area contributed by atoms with Crippen LogP contribution < -0.4 is 0 Å². The van der Waals surface area contributed by atoms with E-state index in [1.165, 1.54) is 0 Å². The second kappa shape index (κ2) is 66.6. The second-order valence-electron chi connectivity index (χ2n) is 2.29. The van der Waals surface area contributed by atoms with E-state index in [2.05, 4.69) is 39.5 Å². The molecule has 16 heavy (non-hydrogen) atoms. The van der Waals surface area contributed by atoms with E-state index in [9.17, 15) is 0 Å². The third-order valence-electron chi connectivity index (χ3n) is 0.623. The van der Waals surface area contributed by atoms with Crippen LogP contribution in [-0.2, 0) is 0 Å². The summed E-state index contributed by atoms with van der Waals surface area (Å²) in [6.45, 7) is 24.4. The Morgan fingerprint density at radius 3 is 1.00 bits per heavy atom. The molecular weight excluding hydrogens is 200 g/mol. The molecule has 0 amide bonds. The lowest BCUT2D eigenvalue weighted by atomic mass is 10.2. The van der Waals surface area contributed by atoms with Crippen LogP contribution in [0.15, 0.2) is 51.6 Å². The Balaban J connectivity index is -0.0000000349. The molecule has 0 aliphatic carbocycles. The maximum absolute atomic E-state index is 8.17. The van der Waals surface area contributed by atoms with Gasteiger partial charge in [0.25, 0.3) is 0 Å². The molecule has 0 radical (unpaired) electrons. The number of hydrogen-bond donors (Lipinski definition) is 2. The van der Waals surface area contributed by atoms with Crippen LogP contribution in [0.5, 0.6) is 0 Å². The van der Waals surface area contributed by atoms with Gasteiger partial charge in [-0.1, -0.05) is 19.1 Å². The highest BCUT2D eigenvalue weighted by Crippen LogP contribution is 1.85. The summed E-state index contributed by atoms with van der Waals surface area (Å²) in [5, 5.41) is 16.3. The summed E-state index contributed by atoms with van der Waals surface area (Å²) < 4.78 is 0. The Kier molecular flexibility index (Phi) is 122. The van der Waals surface area contributed by atoms with E-state index in [0.29, 0.717) is 0 Å². The molecule has 0 bridgehead atoms. The number of allylic oxidation sites excluding steroid dienone is 2. The average Bonchev–Trinajstić information content (AvgIpc) is 2.35. The lowest BCUT2D eigenvalue weighted by Crippen LogP contribution is -2.04. The number of aliphatic hydroxyl groups is 2. The number of hydrogen-bond acceptors (Lipinski definition) is 2. The highest BCUT2D eigenvalue weighted by Gasteiger charge is 1.91. The first kappa shape index (κ1) is 29.4. The highest BCUT2D eigenvalue weighted by atomic mass is 16.3. The SMILES string of the molecule is C=C.C=C.C=CC.C=CC.CC(CO)CO. The lowest BCUT2D eigenvalue weighted by molar-refractivity contribution is 0.162. The van der Waals surface area contributed by atoms with Crippen LogP contribution >= 0.6 is 0 Å². The van der Waals surface area contributed by atoms with E-state index in [1.54, 1.807) is 19.1 Å². The van der Waals surface area contributed by atoms with Crippen LogP contribution in [0, 0.1) is 5.92 Å². The zero-order chi connectivity index (χ0) is 14.4. The molecule has 0 saturated heterocycles. The highest BCUT2D eigenvalue weighted by molar-refractivity contribution is 4.52. The Bertz CT molecular complexity index is 88.9. The maximum atomic E-state index is 8.17. The molecule has 2 nitrogen and oxygen atoms in total. The second-order valence-corrected chi connectivity index (χ2v) is 2.29. The van der Waals surface area contributed by atoms with Gasteiger partial charge in [-0.15, -0.1) is 39.5 Å². The Morgan fingerprint density at radius 2 is 1.00 bits per heavy atom. The minimum Gasteiger partial charge on any atom is -0.396 e. The van der Waals surface area contributed by atoms with Crippen molar-refractivity contribution >= 4 is 0 Å². The predicted octanol–water partition coefficient (Wildman–Crippen LogP) is 3.60. The van der Waals surface area contributed by atoms with Gasteiger partial charge in [0.2, 0.25) is 0 Å². The van der Waals surface area contributed by atoms with Gasteiger partial charge in [-0.05, 0) is 13.8 Å². The van der Waals surface area contributed by atoms with Crippen molar-refractivity contribution in [2.75, 3.05) is 13.2 Å². The van der Waals surface area contributed by atoms with E-state index in [1.807, 2.05) is 13.8 Å². The van der Waals surface area contributed by atoms with Crippen molar-refractivity contribution in [2.45, 2.75) is 20.8 Å². The van der Waals surface area contributed by atoms with E-state index in [4.69, 9.17) is 10.2 Å². The van der Waals surface area contributed by atoms with Crippen LogP contribution in [0.1, 0.15) is 20.8 Å². The van der Waals surface area contributed by atoms with Crippen molar-refractivity contribution in [2.24, 2.45) is 5.92 Å². The molecule has 0 unspecified atom stereocenters. The fourth-order valence-electron chi connectivity index (χ4n) is 0.0577. The molecule has 0 fully saturated rings. The molecule has 2 N–H and O–H groups in total. The van der Waals surface area contributed by atoms with Gasteiger partial charge in [0.05, 0.1) is 0 Å². The smallest absolute Gasteiger partial charge is 0.0478 e. The summed E-state index contributed by atoms with van der Waals surface area (Å²) in [5.41, 5.74) is 0. The summed E-state index contributed by atoms with van der Waals surface area (Å²) in [7, 11) is 0. The Morgan fingerprint density at radius 1 is 0.875 bits per heavy atom. The minimum atomic E-state index is 0.0463. The molecule has 0 spiro atoms. The first-order valence-electron chi connectivity index (χ1n) is 5.00. The fraction of sp³-hybridized carbons (Fsp3) is 0.429. The summed E-state index contributed by atoms with van der Waals surface area (Å²) in [6.07, 6.45) is 3.50. The molecular formula is C14H30O2. The van der Waals surface area contributed by atoms with Gasteiger partial charge in [-0.25, -0.2) is 0 Å². The summed E-state index contributed by atoms with van der Waals surface area (Å²) in [4.78, 5) is 0. The Hall–Kier alpha value is -1.12. The van der Waals surface area contributed by atoms with Gasteiger partial charge in [-0.2, -0.15) is 0 Å². The van der Waals surface area contributed by atoms with Crippen molar-refractivity contribution in [3.8, 4) is 0 Å². The normalized spacial score (nSPS) is 5.88. The largest absolute Gasteiger partial charge is 0.396 e. The van der Waals surface area contributed by atoms with Crippen molar-refractivity contribution < 1.29 is 10.2 Å². The third kappa shape index (κ3) is 219. The van der Waals surface area contributed by atoms with Crippen LogP contribution in [0.25, 0.3) is 0 Å².